The third kappa shape index (κ3) is 4.70. The molecule has 0 bridgehead atoms. The van der Waals surface area contributed by atoms with Gasteiger partial charge in [-0.2, -0.15) is 8.42 Å². The molecule has 0 spiro atoms. The van der Waals surface area contributed by atoms with Crippen LogP contribution in [0, 0.1) is 0 Å². The second-order valence-electron chi connectivity index (χ2n) is 9.57. The number of pyridine rings is 1. The van der Waals surface area contributed by atoms with Gasteiger partial charge in [-0.05, 0) is 60.5 Å². The summed E-state index contributed by atoms with van der Waals surface area (Å²) in [6.07, 6.45) is 2.40. The lowest BCUT2D eigenvalue weighted by Crippen LogP contribution is -2.43. The highest BCUT2D eigenvalue weighted by Crippen LogP contribution is 2.44. The predicted molar refractivity (Wildman–Crippen MR) is 142 cm³/mol. The number of carbonyl (C=O) groups is 1. The highest BCUT2D eigenvalue weighted by Gasteiger charge is 2.54. The molecule has 4 aromatic rings. The summed E-state index contributed by atoms with van der Waals surface area (Å²) in [5, 5.41) is 10.9. The molecule has 1 atom stereocenters. The number of aliphatic hydroxyl groups excluding tert-OH is 1. The lowest BCUT2D eigenvalue weighted by Gasteiger charge is -2.21. The number of rotatable bonds is 7. The van der Waals surface area contributed by atoms with Gasteiger partial charge in [-0.15, -0.1) is 0 Å². The smallest absolute Gasteiger partial charge is 0.281 e. The maximum absolute atomic E-state index is 13.2. The molecule has 196 valence electrons. The molecule has 38 heavy (non-hydrogen) atoms. The number of carbonyl (C=O) groups excluding carboxylic acids is 1. The molecule has 3 heterocycles. The van der Waals surface area contributed by atoms with E-state index in [2.05, 4.69) is 9.71 Å². The number of hydrogen-bond acceptors (Lipinski definition) is 8. The van der Waals surface area contributed by atoms with Crippen molar-refractivity contribution < 1.29 is 27.5 Å². The molecule has 0 radical (unpaired) electrons. The molecule has 2 fully saturated rings. The minimum atomic E-state index is -4.27. The first kappa shape index (κ1) is 24.7. The summed E-state index contributed by atoms with van der Waals surface area (Å²) < 4.78 is 40.0. The van der Waals surface area contributed by atoms with E-state index in [-0.39, 0.29) is 5.03 Å². The summed E-state index contributed by atoms with van der Waals surface area (Å²) in [5.41, 5.74) is 0.944. The number of nitrogens with zero attached hydrogens (tertiary/aromatic N) is 2. The maximum Gasteiger partial charge on any atom is 0.281 e. The number of ether oxygens (including phenoxy) is 1. The number of anilines is 1. The third-order valence-electron chi connectivity index (χ3n) is 6.83. The van der Waals surface area contributed by atoms with Crippen molar-refractivity contribution in [3.05, 3.63) is 71.9 Å². The van der Waals surface area contributed by atoms with E-state index >= 15 is 0 Å². The zero-order chi connectivity index (χ0) is 26.5. The van der Waals surface area contributed by atoms with Gasteiger partial charge in [-0.25, -0.2) is 9.71 Å². The van der Waals surface area contributed by atoms with Crippen LogP contribution in [0.15, 0.2) is 76.4 Å². The minimum Gasteiger partial charge on any atom is -0.477 e. The predicted octanol–water partition coefficient (Wildman–Crippen LogP) is 4.14. The number of furan rings is 1. The summed E-state index contributed by atoms with van der Waals surface area (Å²) in [6.45, 7) is 0.936. The molecule has 2 aromatic heterocycles. The van der Waals surface area contributed by atoms with Crippen molar-refractivity contribution in [2.75, 3.05) is 18.0 Å². The lowest BCUT2D eigenvalue weighted by atomic mass is 10.0. The van der Waals surface area contributed by atoms with Crippen molar-refractivity contribution >= 4 is 44.3 Å². The van der Waals surface area contributed by atoms with Crippen molar-refractivity contribution in [1.29, 1.82) is 0 Å². The molecular weight excluding hydrogens is 530 g/mol. The second kappa shape index (κ2) is 9.30. The fourth-order valence-electron chi connectivity index (χ4n) is 4.60. The van der Waals surface area contributed by atoms with E-state index in [1.807, 2.05) is 24.3 Å². The zero-order valence-electron chi connectivity index (χ0n) is 20.1. The van der Waals surface area contributed by atoms with Crippen molar-refractivity contribution in [1.82, 2.24) is 9.71 Å². The number of aromatic nitrogens is 1. The Labute approximate surface area is 224 Å². The molecule has 1 saturated carbocycles. The van der Waals surface area contributed by atoms with Crippen LogP contribution in [-0.4, -0.2) is 49.2 Å². The van der Waals surface area contributed by atoms with Crippen LogP contribution in [0.4, 0.5) is 5.82 Å². The summed E-state index contributed by atoms with van der Waals surface area (Å²) in [7, 11) is -4.27. The Kier molecular flexibility index (Phi) is 6.05. The van der Waals surface area contributed by atoms with Gasteiger partial charge in [0.05, 0.1) is 12.4 Å². The Morgan fingerprint density at radius 3 is 2.76 bits per heavy atom. The molecular formula is C27H24ClN3O6S. The van der Waals surface area contributed by atoms with Gasteiger partial charge >= 0.3 is 0 Å². The monoisotopic (exact) mass is 553 g/mol. The van der Waals surface area contributed by atoms with Gasteiger partial charge in [-0.3, -0.25) is 4.79 Å². The summed E-state index contributed by atoms with van der Waals surface area (Å²) >= 11 is 6.26. The minimum absolute atomic E-state index is 0.280. The topological polar surface area (TPSA) is 122 Å². The Bertz CT molecular complexity index is 1650. The zero-order valence-corrected chi connectivity index (χ0v) is 21.7. The number of benzene rings is 2. The highest BCUT2D eigenvalue weighted by atomic mass is 35.5. The van der Waals surface area contributed by atoms with Crippen LogP contribution in [0.25, 0.3) is 22.1 Å². The van der Waals surface area contributed by atoms with Gasteiger partial charge < -0.3 is 19.2 Å². The van der Waals surface area contributed by atoms with Crippen LogP contribution in [0.2, 0.25) is 5.02 Å². The highest BCUT2D eigenvalue weighted by molar-refractivity contribution is 7.90. The van der Waals surface area contributed by atoms with E-state index in [0.717, 1.165) is 16.5 Å². The SMILES string of the molecule is O=C(NS(=O)(=O)c1cccc(N2CC[C@H](O)C2)n1)C1(Oc2cc(Cl)ccc2-c2ccc3occc3c2)CC1. The first-order valence-electron chi connectivity index (χ1n) is 12.2. The third-order valence-corrected chi connectivity index (χ3v) is 8.30. The van der Waals surface area contributed by atoms with E-state index in [1.165, 1.54) is 6.07 Å². The second-order valence-corrected chi connectivity index (χ2v) is 11.6. The van der Waals surface area contributed by atoms with Crippen molar-refractivity contribution in [2.24, 2.45) is 0 Å². The van der Waals surface area contributed by atoms with Crippen LogP contribution >= 0.6 is 11.6 Å². The fraction of sp³-hybridized carbons (Fsp3) is 0.259. The average Bonchev–Trinajstić information content (AvgIpc) is 3.30. The van der Waals surface area contributed by atoms with Gasteiger partial charge in [0.15, 0.2) is 10.6 Å². The Hall–Kier alpha value is -3.60. The van der Waals surface area contributed by atoms with Crippen molar-refractivity contribution in [3.8, 4) is 16.9 Å². The Morgan fingerprint density at radius 1 is 1.16 bits per heavy atom. The molecule has 2 aromatic carbocycles. The van der Waals surface area contributed by atoms with Gasteiger partial charge in [0.2, 0.25) is 0 Å². The van der Waals surface area contributed by atoms with Gasteiger partial charge in [0, 0.05) is 41.9 Å². The molecule has 6 rings (SSSR count). The van der Waals surface area contributed by atoms with E-state index in [9.17, 15) is 18.3 Å². The molecule has 9 nitrogen and oxygen atoms in total. The first-order valence-corrected chi connectivity index (χ1v) is 14.0. The molecule has 1 saturated heterocycles. The van der Waals surface area contributed by atoms with E-state index in [4.69, 9.17) is 20.8 Å². The largest absolute Gasteiger partial charge is 0.477 e. The normalized spacial score (nSPS) is 18.5. The average molecular weight is 554 g/mol. The van der Waals surface area contributed by atoms with Crippen LogP contribution in [0.3, 0.4) is 0 Å². The summed E-state index contributed by atoms with van der Waals surface area (Å²) in [6, 6.07) is 17.2. The number of halogens is 1. The molecule has 1 aliphatic heterocycles. The number of hydrogen-bond donors (Lipinski definition) is 2. The molecule has 1 amide bonds. The van der Waals surface area contributed by atoms with Gasteiger partial charge in [0.25, 0.3) is 15.9 Å². The maximum atomic E-state index is 13.2. The molecule has 2 N–H and O–H groups in total. The summed E-state index contributed by atoms with van der Waals surface area (Å²) in [4.78, 5) is 19.3. The number of nitrogens with one attached hydrogen (secondary N) is 1. The Morgan fingerprint density at radius 2 is 2.00 bits per heavy atom. The van der Waals surface area contributed by atoms with Crippen molar-refractivity contribution in [3.63, 3.8) is 0 Å². The number of aliphatic hydroxyl groups is 1. The first-order chi connectivity index (χ1) is 18.2. The lowest BCUT2D eigenvalue weighted by molar-refractivity contribution is -0.127. The van der Waals surface area contributed by atoms with Crippen LogP contribution < -0.4 is 14.4 Å². The fourth-order valence-corrected chi connectivity index (χ4v) is 5.77. The molecule has 2 aliphatic rings. The molecule has 11 heteroatoms. The van der Waals surface area contributed by atoms with Gasteiger partial charge in [-0.1, -0.05) is 23.7 Å². The van der Waals surface area contributed by atoms with Gasteiger partial charge in [0.1, 0.15) is 17.2 Å². The Balaban J connectivity index is 1.24. The van der Waals surface area contributed by atoms with E-state index in [1.54, 1.807) is 41.5 Å². The van der Waals surface area contributed by atoms with Crippen LogP contribution in [-0.2, 0) is 14.8 Å². The number of amides is 1. The van der Waals surface area contributed by atoms with E-state index in [0.29, 0.717) is 54.5 Å². The molecule has 0 unspecified atom stereocenters. The summed E-state index contributed by atoms with van der Waals surface area (Å²) in [5.74, 6) is 0.0306. The van der Waals surface area contributed by atoms with Crippen molar-refractivity contribution in [2.45, 2.75) is 36.0 Å². The van der Waals surface area contributed by atoms with E-state index < -0.39 is 27.6 Å². The van der Waals surface area contributed by atoms with Crippen LogP contribution in [0.5, 0.6) is 5.75 Å². The molecule has 1 aliphatic carbocycles. The standard InChI is InChI=1S/C27H24ClN3O6S/c28-19-5-6-21(17-4-7-22-18(14-17)9-13-36-22)23(15-19)37-27(10-11-27)26(33)30-38(34,35)25-3-1-2-24(29-25)31-12-8-20(32)16-31/h1-7,9,13-15,20,32H,8,10-12,16H2,(H,30,33)/t20-/m0/s1. The number of sulfonamides is 1. The number of fused-ring (bicyclic) bond motifs is 1. The quantitative estimate of drug-likeness (QED) is 0.350. The number of β-amino-alcohol motifs (C(OH)–C–C–N with tert-alkyl or cyclic N) is 1. The van der Waals surface area contributed by atoms with Crippen LogP contribution in [0.1, 0.15) is 19.3 Å².